The normalized spacial score (nSPS) is 11.9. The number of rotatable bonds is 5. The van der Waals surface area contributed by atoms with Crippen LogP contribution in [-0.2, 0) is 23.0 Å². The van der Waals surface area contributed by atoms with Crippen molar-refractivity contribution in [3.05, 3.63) is 64.1 Å². The number of aromatic nitrogens is 3. The molecule has 0 atom stereocenters. The van der Waals surface area contributed by atoms with Gasteiger partial charge >= 0.3 is 0 Å². The van der Waals surface area contributed by atoms with Crippen LogP contribution in [0.15, 0.2) is 46.2 Å². The third kappa shape index (κ3) is 2.95. The Balaban J connectivity index is 1.95. The first-order valence-corrected chi connectivity index (χ1v) is 8.73. The van der Waals surface area contributed by atoms with Gasteiger partial charge in [-0.25, -0.2) is 22.6 Å². The van der Waals surface area contributed by atoms with Crippen LogP contribution in [0.4, 0.5) is 4.39 Å². The zero-order chi connectivity index (χ0) is 17.3. The number of H-pyrrole nitrogens is 1. The monoisotopic (exact) mass is 350 g/mol. The molecule has 2 N–H and O–H groups in total. The number of aromatic amines is 1. The lowest BCUT2D eigenvalue weighted by Crippen LogP contribution is -2.23. The van der Waals surface area contributed by atoms with Gasteiger partial charge in [-0.15, -0.1) is 0 Å². The fourth-order valence-corrected chi connectivity index (χ4v) is 3.37. The number of benzene rings is 1. The highest BCUT2D eigenvalue weighted by molar-refractivity contribution is 7.89. The van der Waals surface area contributed by atoms with Crippen LogP contribution in [0.2, 0.25) is 0 Å². The van der Waals surface area contributed by atoms with Gasteiger partial charge in [0, 0.05) is 24.7 Å². The molecule has 0 unspecified atom stereocenters. The van der Waals surface area contributed by atoms with Gasteiger partial charge in [0.2, 0.25) is 10.0 Å². The van der Waals surface area contributed by atoms with Crippen molar-refractivity contribution in [1.82, 2.24) is 19.3 Å². The molecule has 0 radical (unpaired) electrons. The summed E-state index contributed by atoms with van der Waals surface area (Å²) in [6.07, 6.45) is 1.85. The molecule has 3 rings (SSSR count). The van der Waals surface area contributed by atoms with Gasteiger partial charge < -0.3 is 0 Å². The Bertz CT molecular complexity index is 1060. The van der Waals surface area contributed by atoms with E-state index in [1.54, 1.807) is 6.07 Å². The van der Waals surface area contributed by atoms with E-state index in [2.05, 4.69) is 14.9 Å². The number of aryl methyl sites for hydroxylation is 1. The van der Waals surface area contributed by atoms with Gasteiger partial charge in [0.25, 0.3) is 5.56 Å². The Labute approximate surface area is 137 Å². The number of sulfonamides is 1. The maximum atomic E-state index is 13.6. The van der Waals surface area contributed by atoms with Crippen LogP contribution in [0.25, 0.3) is 5.52 Å². The molecule has 2 heterocycles. The molecular weight excluding hydrogens is 335 g/mol. The van der Waals surface area contributed by atoms with E-state index in [-0.39, 0.29) is 22.5 Å². The first kappa shape index (κ1) is 16.3. The standard InChI is InChI=1S/C15H15FN4O3S/c1-2-14-18-19-15(21)13-7-11(9-20(13)14)24(22,23)17-8-10-5-3-4-6-12(10)16/h3-7,9,17H,2,8H2,1H3,(H,19,21). The molecule has 0 aliphatic carbocycles. The van der Waals surface area contributed by atoms with Crippen LogP contribution < -0.4 is 10.3 Å². The molecule has 9 heteroatoms. The van der Waals surface area contributed by atoms with Crippen LogP contribution in [0, 0.1) is 5.82 Å². The highest BCUT2D eigenvalue weighted by Gasteiger charge is 2.19. The number of hydrogen-bond acceptors (Lipinski definition) is 4. The van der Waals surface area contributed by atoms with Gasteiger partial charge in [-0.3, -0.25) is 9.20 Å². The van der Waals surface area contributed by atoms with Crippen LogP contribution in [0.3, 0.4) is 0 Å². The minimum atomic E-state index is -3.90. The summed E-state index contributed by atoms with van der Waals surface area (Å²) in [7, 11) is -3.90. The highest BCUT2D eigenvalue weighted by Crippen LogP contribution is 2.15. The quantitative estimate of drug-likeness (QED) is 0.723. The van der Waals surface area contributed by atoms with E-state index in [9.17, 15) is 17.6 Å². The van der Waals surface area contributed by atoms with E-state index in [1.807, 2.05) is 6.92 Å². The molecule has 0 aliphatic heterocycles. The van der Waals surface area contributed by atoms with E-state index >= 15 is 0 Å². The maximum absolute atomic E-state index is 13.6. The second kappa shape index (κ2) is 6.17. The molecule has 0 bridgehead atoms. The number of fused-ring (bicyclic) bond motifs is 1. The average Bonchev–Trinajstić information content (AvgIpc) is 3.02. The summed E-state index contributed by atoms with van der Waals surface area (Å²) in [4.78, 5) is 11.7. The zero-order valence-electron chi connectivity index (χ0n) is 12.8. The van der Waals surface area contributed by atoms with E-state index in [1.165, 1.54) is 34.9 Å². The molecule has 2 aromatic heterocycles. The number of halogens is 1. The van der Waals surface area contributed by atoms with Crippen molar-refractivity contribution in [1.29, 1.82) is 0 Å². The number of nitrogens with zero attached hydrogens (tertiary/aromatic N) is 2. The van der Waals surface area contributed by atoms with E-state index in [0.29, 0.717) is 12.2 Å². The minimum absolute atomic E-state index is 0.0768. The summed E-state index contributed by atoms with van der Waals surface area (Å²) in [5.74, 6) is 0.0382. The molecule has 0 fully saturated rings. The summed E-state index contributed by atoms with van der Waals surface area (Å²) in [6, 6.07) is 7.17. The predicted molar refractivity (Wildman–Crippen MR) is 85.6 cm³/mol. The van der Waals surface area contributed by atoms with E-state index < -0.39 is 21.4 Å². The fourth-order valence-electron chi connectivity index (χ4n) is 2.35. The van der Waals surface area contributed by atoms with Crippen molar-refractivity contribution < 1.29 is 12.8 Å². The van der Waals surface area contributed by atoms with Crippen LogP contribution in [0.1, 0.15) is 18.3 Å². The van der Waals surface area contributed by atoms with Gasteiger partial charge in [0.15, 0.2) is 0 Å². The average molecular weight is 350 g/mol. The third-order valence-electron chi connectivity index (χ3n) is 3.63. The van der Waals surface area contributed by atoms with Crippen molar-refractivity contribution in [3.63, 3.8) is 0 Å². The molecule has 7 nitrogen and oxygen atoms in total. The van der Waals surface area contributed by atoms with Crippen LogP contribution in [-0.4, -0.2) is 23.0 Å². The van der Waals surface area contributed by atoms with Crippen molar-refractivity contribution in [3.8, 4) is 0 Å². The van der Waals surface area contributed by atoms with E-state index in [4.69, 9.17) is 0 Å². The van der Waals surface area contributed by atoms with Gasteiger partial charge in [-0.2, -0.15) is 5.10 Å². The van der Waals surface area contributed by atoms with Crippen molar-refractivity contribution in [2.45, 2.75) is 24.8 Å². The Morgan fingerprint density at radius 1 is 1.33 bits per heavy atom. The summed E-state index contributed by atoms with van der Waals surface area (Å²) in [5, 5.41) is 6.22. The highest BCUT2D eigenvalue weighted by atomic mass is 32.2. The van der Waals surface area contributed by atoms with Gasteiger partial charge in [0.05, 0.1) is 0 Å². The second-order valence-electron chi connectivity index (χ2n) is 5.17. The Hall–Kier alpha value is -2.52. The number of nitrogens with one attached hydrogen (secondary N) is 2. The Kier molecular flexibility index (Phi) is 4.20. The van der Waals surface area contributed by atoms with Crippen molar-refractivity contribution in [2.24, 2.45) is 0 Å². The molecule has 0 aliphatic rings. The van der Waals surface area contributed by atoms with Crippen LogP contribution >= 0.6 is 0 Å². The first-order valence-electron chi connectivity index (χ1n) is 7.25. The largest absolute Gasteiger partial charge is 0.297 e. The lowest BCUT2D eigenvalue weighted by atomic mass is 10.2. The lowest BCUT2D eigenvalue weighted by molar-refractivity contribution is 0.574. The van der Waals surface area contributed by atoms with E-state index in [0.717, 1.165) is 0 Å². The summed E-state index contributed by atoms with van der Waals surface area (Å²) >= 11 is 0. The molecule has 0 saturated carbocycles. The lowest BCUT2D eigenvalue weighted by Gasteiger charge is -2.05. The molecule has 0 amide bonds. The Morgan fingerprint density at radius 2 is 2.08 bits per heavy atom. The topological polar surface area (TPSA) is 96.3 Å². The molecule has 1 aromatic carbocycles. The maximum Gasteiger partial charge on any atom is 0.288 e. The van der Waals surface area contributed by atoms with Crippen molar-refractivity contribution in [2.75, 3.05) is 0 Å². The molecule has 24 heavy (non-hydrogen) atoms. The third-order valence-corrected chi connectivity index (χ3v) is 5.00. The molecular formula is C15H15FN4O3S. The second-order valence-corrected chi connectivity index (χ2v) is 6.94. The summed E-state index contributed by atoms with van der Waals surface area (Å²) in [5.41, 5.74) is -0.0607. The van der Waals surface area contributed by atoms with Crippen LogP contribution in [0.5, 0.6) is 0 Å². The minimum Gasteiger partial charge on any atom is -0.297 e. The van der Waals surface area contributed by atoms with Gasteiger partial charge in [-0.05, 0) is 12.1 Å². The molecule has 3 aromatic rings. The van der Waals surface area contributed by atoms with Gasteiger partial charge in [-0.1, -0.05) is 25.1 Å². The summed E-state index contributed by atoms with van der Waals surface area (Å²) < 4.78 is 42.2. The Morgan fingerprint density at radius 3 is 2.79 bits per heavy atom. The molecule has 0 spiro atoms. The predicted octanol–water partition coefficient (Wildman–Crippen LogP) is 1.20. The SMILES string of the molecule is CCc1n[nH]c(=O)c2cc(S(=O)(=O)NCc3ccccc3F)cn12. The zero-order valence-corrected chi connectivity index (χ0v) is 13.6. The molecule has 0 saturated heterocycles. The number of hydrogen-bond donors (Lipinski definition) is 2. The first-order chi connectivity index (χ1) is 11.4. The molecule has 126 valence electrons. The smallest absolute Gasteiger partial charge is 0.288 e. The fraction of sp³-hybridized carbons (Fsp3) is 0.200. The van der Waals surface area contributed by atoms with Crippen molar-refractivity contribution >= 4 is 15.5 Å². The summed E-state index contributed by atoms with van der Waals surface area (Å²) in [6.45, 7) is 1.65. The van der Waals surface area contributed by atoms with Gasteiger partial charge in [0.1, 0.15) is 22.1 Å².